The number of para-hydroxylation sites is 1. The molecule has 1 N–H and O–H groups in total. The van der Waals surface area contributed by atoms with E-state index >= 15 is 0 Å². The van der Waals surface area contributed by atoms with Crippen molar-refractivity contribution in [3.63, 3.8) is 0 Å². The van der Waals surface area contributed by atoms with Crippen molar-refractivity contribution in [2.24, 2.45) is 0 Å². The number of amides is 1. The number of carbonyl (C=O) groups is 1. The van der Waals surface area contributed by atoms with Crippen molar-refractivity contribution in [2.75, 3.05) is 12.4 Å². The molecule has 2 aromatic carbocycles. The first-order valence-electron chi connectivity index (χ1n) is 10.2. The Labute approximate surface area is 203 Å². The molecule has 0 aliphatic carbocycles. The van der Waals surface area contributed by atoms with Gasteiger partial charge < -0.3 is 13.9 Å². The average Bonchev–Trinajstić information content (AvgIpc) is 3.51. The first-order chi connectivity index (χ1) is 16.6. The zero-order valence-corrected chi connectivity index (χ0v) is 19.5. The summed E-state index contributed by atoms with van der Waals surface area (Å²) in [4.78, 5) is 17.6. The highest BCUT2D eigenvalue weighted by molar-refractivity contribution is 7.17. The minimum absolute atomic E-state index is 0.314. The van der Waals surface area contributed by atoms with Gasteiger partial charge in [0, 0.05) is 34.7 Å². The molecule has 34 heavy (non-hydrogen) atoms. The molecule has 3 heterocycles. The number of carbonyl (C=O) groups excluding carboxylic acids is 1. The summed E-state index contributed by atoms with van der Waals surface area (Å²) in [7, 11) is 1.60. The number of fused-ring (bicyclic) bond motifs is 1. The molecular formula is C24H18ClN5O3S. The van der Waals surface area contributed by atoms with Gasteiger partial charge in [-0.15, -0.1) is 5.10 Å². The zero-order chi connectivity index (χ0) is 23.5. The number of methoxy groups -OCH3 is 1. The van der Waals surface area contributed by atoms with Crippen LogP contribution < -0.4 is 14.8 Å². The fraction of sp³-hybridized carbons (Fsp3) is 0.0833. The molecule has 0 saturated heterocycles. The molecular weight excluding hydrogens is 474 g/mol. The van der Waals surface area contributed by atoms with E-state index in [4.69, 9.17) is 21.1 Å². The first kappa shape index (κ1) is 21.9. The molecule has 0 atom stereocenters. The van der Waals surface area contributed by atoms with Gasteiger partial charge >= 0.3 is 0 Å². The smallest absolute Gasteiger partial charge is 0.296 e. The highest BCUT2D eigenvalue weighted by atomic mass is 35.5. The third-order valence-electron chi connectivity index (χ3n) is 5.07. The zero-order valence-electron chi connectivity index (χ0n) is 17.9. The van der Waals surface area contributed by atoms with Gasteiger partial charge in [0.1, 0.15) is 18.0 Å². The van der Waals surface area contributed by atoms with Crippen LogP contribution in [0.25, 0.3) is 16.8 Å². The van der Waals surface area contributed by atoms with E-state index in [2.05, 4.69) is 20.5 Å². The third-order valence-corrected chi connectivity index (χ3v) is 6.08. The molecule has 3 aromatic heterocycles. The summed E-state index contributed by atoms with van der Waals surface area (Å²) in [5.41, 5.74) is 3.51. The number of nitrogens with one attached hydrogen (secondary N) is 1. The topological polar surface area (TPSA) is 90.6 Å². The lowest BCUT2D eigenvalue weighted by Crippen LogP contribution is -2.14. The number of pyridine rings is 1. The number of benzene rings is 2. The number of ether oxygens (including phenoxy) is 2. The van der Waals surface area contributed by atoms with Crippen LogP contribution >= 0.6 is 22.9 Å². The maximum absolute atomic E-state index is 13.3. The summed E-state index contributed by atoms with van der Waals surface area (Å²) >= 11 is 7.06. The fourth-order valence-electron chi connectivity index (χ4n) is 3.44. The fourth-order valence-corrected chi connectivity index (χ4v) is 4.16. The Hall–Kier alpha value is -3.95. The van der Waals surface area contributed by atoms with Crippen molar-refractivity contribution < 1.29 is 14.3 Å². The van der Waals surface area contributed by atoms with E-state index in [1.165, 1.54) is 0 Å². The number of halogens is 1. The quantitative estimate of drug-likeness (QED) is 0.330. The van der Waals surface area contributed by atoms with Gasteiger partial charge in [-0.1, -0.05) is 47.0 Å². The van der Waals surface area contributed by atoms with Crippen molar-refractivity contribution in [1.29, 1.82) is 0 Å². The van der Waals surface area contributed by atoms with Crippen LogP contribution in [0.1, 0.15) is 15.9 Å². The summed E-state index contributed by atoms with van der Waals surface area (Å²) in [5.74, 6) is 0.316. The molecule has 0 aliphatic rings. The highest BCUT2D eigenvalue weighted by Crippen LogP contribution is 2.33. The Balaban J connectivity index is 1.39. The number of nitrogens with zero attached hydrogens (tertiary/aromatic N) is 4. The van der Waals surface area contributed by atoms with Crippen LogP contribution in [0.15, 0.2) is 73.2 Å². The van der Waals surface area contributed by atoms with Crippen LogP contribution in [0, 0.1) is 0 Å². The lowest BCUT2D eigenvalue weighted by molar-refractivity contribution is 0.102. The van der Waals surface area contributed by atoms with Crippen LogP contribution in [0.4, 0.5) is 5.13 Å². The normalized spacial score (nSPS) is 10.9. The van der Waals surface area contributed by atoms with Gasteiger partial charge in [-0.25, -0.2) is 4.98 Å². The molecule has 1 amide bonds. The lowest BCUT2D eigenvalue weighted by atomic mass is 10.0. The van der Waals surface area contributed by atoms with Crippen LogP contribution in [0.2, 0.25) is 5.02 Å². The van der Waals surface area contributed by atoms with Gasteiger partial charge in [-0.2, -0.15) is 0 Å². The Morgan fingerprint density at radius 3 is 2.76 bits per heavy atom. The summed E-state index contributed by atoms with van der Waals surface area (Å²) in [6.07, 6.45) is 5.36. The van der Waals surface area contributed by atoms with E-state index in [1.54, 1.807) is 31.5 Å². The summed E-state index contributed by atoms with van der Waals surface area (Å²) < 4.78 is 13.1. The molecule has 8 nitrogen and oxygen atoms in total. The number of aromatic nitrogens is 4. The Morgan fingerprint density at radius 1 is 1.12 bits per heavy atom. The number of imidazole rings is 1. The third kappa shape index (κ3) is 4.57. The monoisotopic (exact) mass is 491 g/mol. The molecule has 0 fully saturated rings. The predicted molar refractivity (Wildman–Crippen MR) is 131 cm³/mol. The van der Waals surface area contributed by atoms with E-state index in [-0.39, 0.29) is 5.91 Å². The second-order valence-corrected chi connectivity index (χ2v) is 8.61. The van der Waals surface area contributed by atoms with Crippen molar-refractivity contribution in [2.45, 2.75) is 6.61 Å². The minimum Gasteiger partial charge on any atom is -0.496 e. The maximum atomic E-state index is 13.3. The second-order valence-electron chi connectivity index (χ2n) is 7.24. The van der Waals surface area contributed by atoms with Crippen LogP contribution in [0.3, 0.4) is 0 Å². The molecule has 0 aliphatic heterocycles. The number of hydrogen-bond acceptors (Lipinski definition) is 7. The maximum Gasteiger partial charge on any atom is 0.296 e. The standard InChI is InChI=1S/C24H18ClN5O3S/c1-32-20-5-3-2-4-17(20)19-13-30-11-10-26-21(30)12-18(19)22(31)27-23-28-29-24(34-23)33-14-15-6-8-16(25)9-7-15/h2-13H,14H2,1H3,(H,27,28,31). The molecule has 170 valence electrons. The summed E-state index contributed by atoms with van der Waals surface area (Å²) in [6, 6.07) is 16.6. The number of anilines is 1. The van der Waals surface area contributed by atoms with Crippen molar-refractivity contribution >= 4 is 39.6 Å². The van der Waals surface area contributed by atoms with Crippen molar-refractivity contribution in [3.05, 3.63) is 89.3 Å². The van der Waals surface area contributed by atoms with E-state index in [1.807, 2.05) is 53.2 Å². The first-order valence-corrected chi connectivity index (χ1v) is 11.4. The molecule has 0 radical (unpaired) electrons. The molecule has 0 bridgehead atoms. The molecule has 5 aromatic rings. The molecule has 0 spiro atoms. The SMILES string of the molecule is COc1ccccc1-c1cn2ccnc2cc1C(=O)Nc1nnc(OCc2ccc(Cl)cc2)s1. The molecule has 0 saturated carbocycles. The van der Waals surface area contributed by atoms with Crippen molar-refractivity contribution in [1.82, 2.24) is 19.6 Å². The number of hydrogen-bond donors (Lipinski definition) is 1. The van der Waals surface area contributed by atoms with Crippen LogP contribution in [0.5, 0.6) is 10.9 Å². The van der Waals surface area contributed by atoms with Crippen LogP contribution in [-0.4, -0.2) is 32.6 Å². The Bertz CT molecular complexity index is 1470. The average molecular weight is 492 g/mol. The van der Waals surface area contributed by atoms with Gasteiger partial charge in [-0.05, 0) is 41.2 Å². The summed E-state index contributed by atoms with van der Waals surface area (Å²) in [5, 5.41) is 12.2. The van der Waals surface area contributed by atoms with Gasteiger partial charge in [0.25, 0.3) is 11.1 Å². The van der Waals surface area contributed by atoms with Gasteiger partial charge in [0.15, 0.2) is 0 Å². The summed E-state index contributed by atoms with van der Waals surface area (Å²) in [6.45, 7) is 0.314. The molecule has 5 rings (SSSR count). The van der Waals surface area contributed by atoms with Gasteiger partial charge in [0.05, 0.1) is 12.7 Å². The van der Waals surface area contributed by atoms with E-state index in [0.717, 1.165) is 22.5 Å². The largest absolute Gasteiger partial charge is 0.496 e. The second kappa shape index (κ2) is 9.50. The highest BCUT2D eigenvalue weighted by Gasteiger charge is 2.19. The van der Waals surface area contributed by atoms with Gasteiger partial charge in [0.2, 0.25) is 5.13 Å². The predicted octanol–water partition coefficient (Wildman–Crippen LogP) is 5.35. The van der Waals surface area contributed by atoms with Gasteiger partial charge in [-0.3, -0.25) is 10.1 Å². The van der Waals surface area contributed by atoms with Crippen molar-refractivity contribution in [3.8, 4) is 22.1 Å². The molecule has 0 unspecified atom stereocenters. The Kier molecular flexibility index (Phi) is 6.11. The molecule has 10 heteroatoms. The van der Waals surface area contributed by atoms with E-state index < -0.39 is 0 Å². The number of rotatable bonds is 7. The van der Waals surface area contributed by atoms with Crippen LogP contribution in [-0.2, 0) is 6.61 Å². The minimum atomic E-state index is -0.341. The van der Waals surface area contributed by atoms with E-state index in [9.17, 15) is 4.79 Å². The Morgan fingerprint density at radius 2 is 1.94 bits per heavy atom. The van der Waals surface area contributed by atoms with E-state index in [0.29, 0.717) is 44.5 Å². The lowest BCUT2D eigenvalue weighted by Gasteiger charge is -2.13.